The van der Waals surface area contributed by atoms with Crippen LogP contribution in [0.5, 0.6) is 0 Å². The van der Waals surface area contributed by atoms with Crippen LogP contribution in [0.2, 0.25) is 0 Å². The molecule has 3 amide bonds. The Morgan fingerprint density at radius 1 is 0.717 bits per heavy atom. The Kier molecular flexibility index (Phi) is 11.9. The van der Waals surface area contributed by atoms with Crippen molar-refractivity contribution in [1.82, 2.24) is 10.2 Å². The fourth-order valence-corrected chi connectivity index (χ4v) is 8.18. The first kappa shape index (κ1) is 34.1. The number of carboxylic acid groups (broad SMARTS) is 1. The van der Waals surface area contributed by atoms with E-state index in [4.69, 9.17) is 0 Å². The van der Waals surface area contributed by atoms with Crippen molar-refractivity contribution < 1.29 is 24.3 Å². The summed E-state index contributed by atoms with van der Waals surface area (Å²) in [5.74, 6) is -1.02. The van der Waals surface area contributed by atoms with E-state index in [2.05, 4.69) is 19.2 Å². The lowest BCUT2D eigenvalue weighted by Crippen LogP contribution is -2.48. The number of aromatic carboxylic acids is 1. The second-order valence-corrected chi connectivity index (χ2v) is 14.4. The molecule has 46 heavy (non-hydrogen) atoms. The first-order chi connectivity index (χ1) is 22.3. The minimum atomic E-state index is -1.19. The van der Waals surface area contributed by atoms with Gasteiger partial charge in [0.1, 0.15) is 0 Å². The lowest BCUT2D eigenvalue weighted by atomic mass is 9.81. The predicted octanol–water partition coefficient (Wildman–Crippen LogP) is 9.31. The molecule has 0 atom stereocenters. The quantitative estimate of drug-likeness (QED) is 0.151. The molecule has 2 saturated carbocycles. The fourth-order valence-electron chi connectivity index (χ4n) is 8.18. The van der Waals surface area contributed by atoms with Crippen molar-refractivity contribution in [3.8, 4) is 0 Å². The number of nitrogens with one attached hydrogen (secondary N) is 1. The number of rotatable bonds is 15. The third-order valence-corrected chi connectivity index (χ3v) is 11.0. The van der Waals surface area contributed by atoms with Crippen LogP contribution in [0.4, 0.5) is 0 Å². The third kappa shape index (κ3) is 7.83. The largest absolute Gasteiger partial charge is 0.478 e. The second kappa shape index (κ2) is 16.1. The van der Waals surface area contributed by atoms with Crippen molar-refractivity contribution in [3.63, 3.8) is 0 Å². The number of imide groups is 1. The molecule has 250 valence electrons. The Hall–Kier alpha value is -3.22. The summed E-state index contributed by atoms with van der Waals surface area (Å²) in [6.45, 7) is 4.47. The molecule has 0 aromatic heterocycles. The monoisotopic (exact) mass is 630 g/mol. The number of amides is 3. The van der Waals surface area contributed by atoms with E-state index in [1.807, 2.05) is 0 Å². The molecule has 7 nitrogen and oxygen atoms in total. The molecule has 0 saturated heterocycles. The van der Waals surface area contributed by atoms with E-state index in [0.29, 0.717) is 28.3 Å². The highest BCUT2D eigenvalue weighted by molar-refractivity contribution is 6.29. The lowest BCUT2D eigenvalue weighted by molar-refractivity contribution is 0.0480. The number of carboxylic acids is 1. The van der Waals surface area contributed by atoms with Crippen LogP contribution in [-0.2, 0) is 0 Å². The number of carbonyl (C=O) groups is 4. The Bertz CT molecular complexity index is 1380. The molecular weight excluding hydrogens is 576 g/mol. The molecule has 1 aliphatic heterocycles. The fraction of sp³-hybridized carbons (Fsp3) is 0.641. The van der Waals surface area contributed by atoms with Gasteiger partial charge in [-0.3, -0.25) is 19.3 Å². The number of hydrogen-bond acceptors (Lipinski definition) is 4. The van der Waals surface area contributed by atoms with Gasteiger partial charge >= 0.3 is 5.97 Å². The van der Waals surface area contributed by atoms with Crippen LogP contribution in [0.25, 0.3) is 10.8 Å². The molecule has 2 N–H and O–H groups in total. The molecule has 7 heteroatoms. The third-order valence-electron chi connectivity index (χ3n) is 11.0. The van der Waals surface area contributed by atoms with Gasteiger partial charge in [-0.1, -0.05) is 84.5 Å². The summed E-state index contributed by atoms with van der Waals surface area (Å²) in [6.07, 6.45) is 22.0. The molecule has 0 bridgehead atoms. The van der Waals surface area contributed by atoms with E-state index in [0.717, 1.165) is 51.4 Å². The van der Waals surface area contributed by atoms with Gasteiger partial charge in [-0.05, 0) is 87.5 Å². The summed E-state index contributed by atoms with van der Waals surface area (Å²) >= 11 is 0. The Labute approximate surface area is 274 Å². The number of carbonyl (C=O) groups excluding carboxylic acids is 3. The summed E-state index contributed by atoms with van der Waals surface area (Å²) in [7, 11) is 0. The van der Waals surface area contributed by atoms with Gasteiger partial charge in [0.15, 0.2) is 0 Å². The van der Waals surface area contributed by atoms with E-state index < -0.39 is 5.97 Å². The molecule has 2 aromatic rings. The molecule has 0 unspecified atom stereocenters. The summed E-state index contributed by atoms with van der Waals surface area (Å²) in [5.41, 5.74) is 0.758. The smallest absolute Gasteiger partial charge is 0.336 e. The van der Waals surface area contributed by atoms with Crippen molar-refractivity contribution in [2.45, 2.75) is 148 Å². The van der Waals surface area contributed by atoms with E-state index >= 15 is 0 Å². The van der Waals surface area contributed by atoms with Gasteiger partial charge in [-0.25, -0.2) is 4.79 Å². The van der Waals surface area contributed by atoms with Crippen LogP contribution >= 0.6 is 0 Å². The molecule has 2 aromatic carbocycles. The molecule has 1 heterocycles. The topological polar surface area (TPSA) is 104 Å². The van der Waals surface area contributed by atoms with Crippen LogP contribution < -0.4 is 5.32 Å². The Morgan fingerprint density at radius 2 is 1.26 bits per heavy atom. The molecule has 5 rings (SSSR count). The molecular formula is C39H54N2O5. The van der Waals surface area contributed by atoms with E-state index in [-0.39, 0.29) is 46.3 Å². The van der Waals surface area contributed by atoms with Crippen molar-refractivity contribution >= 4 is 34.5 Å². The van der Waals surface area contributed by atoms with Gasteiger partial charge in [0.25, 0.3) is 17.7 Å². The molecule has 2 fully saturated rings. The highest BCUT2D eigenvalue weighted by Gasteiger charge is 2.40. The number of hydrogen-bond donors (Lipinski definition) is 2. The maximum absolute atomic E-state index is 13.9. The van der Waals surface area contributed by atoms with E-state index in [1.165, 1.54) is 87.7 Å². The normalized spacial score (nSPS) is 23.1. The zero-order valence-electron chi connectivity index (χ0n) is 28.1. The minimum absolute atomic E-state index is 0.0294. The van der Waals surface area contributed by atoms with Crippen molar-refractivity contribution in [2.75, 3.05) is 0 Å². The lowest BCUT2D eigenvalue weighted by Gasteiger charge is -2.38. The first-order valence-electron chi connectivity index (χ1n) is 18.3. The van der Waals surface area contributed by atoms with Gasteiger partial charge in [0.2, 0.25) is 0 Å². The number of unbranched alkanes of at least 4 members (excludes halogenated alkanes) is 9. The summed E-state index contributed by atoms with van der Waals surface area (Å²) in [6, 6.07) is 6.00. The molecule has 0 radical (unpaired) electrons. The Morgan fingerprint density at radius 3 is 1.83 bits per heavy atom. The van der Waals surface area contributed by atoms with Gasteiger partial charge in [-0.15, -0.1) is 0 Å². The number of benzene rings is 2. The first-order valence-corrected chi connectivity index (χ1v) is 18.3. The van der Waals surface area contributed by atoms with Gasteiger partial charge in [0.05, 0.1) is 5.56 Å². The second-order valence-electron chi connectivity index (χ2n) is 14.4. The highest BCUT2D eigenvalue weighted by atomic mass is 16.4. The van der Waals surface area contributed by atoms with E-state index in [1.54, 1.807) is 12.1 Å². The van der Waals surface area contributed by atoms with Gasteiger partial charge < -0.3 is 10.4 Å². The van der Waals surface area contributed by atoms with Gasteiger partial charge in [-0.2, -0.15) is 0 Å². The molecule has 3 aliphatic rings. The molecule has 0 spiro atoms. The van der Waals surface area contributed by atoms with Crippen molar-refractivity contribution in [3.05, 3.63) is 46.5 Å². The van der Waals surface area contributed by atoms with E-state index in [9.17, 15) is 24.3 Å². The highest BCUT2D eigenvalue weighted by Crippen LogP contribution is 2.39. The van der Waals surface area contributed by atoms with Gasteiger partial charge in [0, 0.05) is 39.5 Å². The summed E-state index contributed by atoms with van der Waals surface area (Å²) in [4.78, 5) is 55.1. The zero-order chi connectivity index (χ0) is 32.6. The molecule has 2 aliphatic carbocycles. The maximum atomic E-state index is 13.9. The van der Waals surface area contributed by atoms with Crippen LogP contribution in [0.15, 0.2) is 24.3 Å². The maximum Gasteiger partial charge on any atom is 0.336 e. The predicted molar refractivity (Wildman–Crippen MR) is 183 cm³/mol. The van der Waals surface area contributed by atoms with Crippen LogP contribution in [0, 0.1) is 11.8 Å². The van der Waals surface area contributed by atoms with Crippen LogP contribution in [0.3, 0.4) is 0 Å². The average molecular weight is 631 g/mol. The average Bonchev–Trinajstić information content (AvgIpc) is 3.05. The van der Waals surface area contributed by atoms with Crippen LogP contribution in [0.1, 0.15) is 177 Å². The SMILES string of the molecule is CCCCCCCCCCCCC1CCC(N2C(=O)c3ccc(C(=O)O)c4c(C(=O)NC5CCC(C)CC5)ccc(c34)C2=O)CC1. The van der Waals surface area contributed by atoms with Crippen molar-refractivity contribution in [1.29, 1.82) is 0 Å². The zero-order valence-corrected chi connectivity index (χ0v) is 28.1. The van der Waals surface area contributed by atoms with Crippen LogP contribution in [-0.4, -0.2) is 45.8 Å². The standard InChI is InChI=1S/C39H54N2O5/c1-3-4-5-6-7-8-9-10-11-12-13-27-16-20-29(21-17-27)41-37(43)31-23-22-30(36(42)40-28-18-14-26(2)15-19-28)34-33(39(45)46)25-24-32(35(31)34)38(41)44/h22-29H,3-21H2,1-2H3,(H,40,42)(H,45,46). The minimum Gasteiger partial charge on any atom is -0.478 e. The number of nitrogens with zero attached hydrogens (tertiary/aromatic N) is 1. The summed E-state index contributed by atoms with van der Waals surface area (Å²) < 4.78 is 0. The van der Waals surface area contributed by atoms with Crippen molar-refractivity contribution in [2.24, 2.45) is 11.8 Å². The Balaban J connectivity index is 1.22. The summed E-state index contributed by atoms with van der Waals surface area (Å²) in [5, 5.41) is 13.6.